The highest BCUT2D eigenvalue weighted by Gasteiger charge is 2.37. The Hall–Kier alpha value is -4.08. The van der Waals surface area contributed by atoms with Crippen molar-refractivity contribution in [1.29, 1.82) is 0 Å². The molecule has 0 saturated carbocycles. The van der Waals surface area contributed by atoms with Gasteiger partial charge in [0.1, 0.15) is 23.4 Å². The molecule has 2 atom stereocenters. The molecule has 10 heteroatoms. The molecule has 40 heavy (non-hydrogen) atoms. The predicted molar refractivity (Wildman–Crippen MR) is 154 cm³/mol. The van der Waals surface area contributed by atoms with Crippen molar-refractivity contribution < 1.29 is 28.7 Å². The van der Waals surface area contributed by atoms with Crippen LogP contribution in [0.25, 0.3) is 0 Å². The van der Waals surface area contributed by atoms with E-state index in [0.29, 0.717) is 23.4 Å². The van der Waals surface area contributed by atoms with Crippen LogP contribution in [0.3, 0.4) is 0 Å². The molecule has 10 nitrogen and oxygen atoms in total. The SMILES string of the molecule is CCCCN(C(=O)C(CC(N)=O)NC(=O)OC(C)(C)C)C(C(=O)Nc1ccc(OC)cc1)c1ccc(C)c(C)c1. The summed E-state index contributed by atoms with van der Waals surface area (Å²) in [5, 5.41) is 5.39. The number of benzene rings is 2. The van der Waals surface area contributed by atoms with Gasteiger partial charge in [0, 0.05) is 12.2 Å². The van der Waals surface area contributed by atoms with Gasteiger partial charge < -0.3 is 30.7 Å². The van der Waals surface area contributed by atoms with E-state index in [9.17, 15) is 19.2 Å². The first-order chi connectivity index (χ1) is 18.7. The molecular formula is C30H42N4O6. The molecule has 0 aliphatic heterocycles. The molecule has 0 fully saturated rings. The van der Waals surface area contributed by atoms with Crippen molar-refractivity contribution in [2.75, 3.05) is 19.0 Å². The second-order valence-corrected chi connectivity index (χ2v) is 10.7. The first-order valence-electron chi connectivity index (χ1n) is 13.4. The maximum absolute atomic E-state index is 14.0. The van der Waals surface area contributed by atoms with E-state index in [-0.39, 0.29) is 6.54 Å². The van der Waals surface area contributed by atoms with Gasteiger partial charge in [0.2, 0.25) is 11.8 Å². The molecule has 2 rings (SSSR count). The molecule has 218 valence electrons. The summed E-state index contributed by atoms with van der Waals surface area (Å²) >= 11 is 0. The third-order valence-corrected chi connectivity index (χ3v) is 6.19. The molecule has 0 aromatic heterocycles. The number of hydrogen-bond acceptors (Lipinski definition) is 6. The van der Waals surface area contributed by atoms with Crippen LogP contribution in [-0.4, -0.2) is 54.0 Å². The minimum Gasteiger partial charge on any atom is -0.497 e. The van der Waals surface area contributed by atoms with E-state index in [2.05, 4.69) is 10.6 Å². The van der Waals surface area contributed by atoms with Crippen molar-refractivity contribution in [2.24, 2.45) is 5.73 Å². The molecule has 0 aliphatic carbocycles. The Morgan fingerprint density at radius 1 is 1.00 bits per heavy atom. The molecule has 0 heterocycles. The number of unbranched alkanes of at least 4 members (excludes halogenated alkanes) is 1. The largest absolute Gasteiger partial charge is 0.497 e. The minimum absolute atomic E-state index is 0.203. The molecule has 2 unspecified atom stereocenters. The number of nitrogens with one attached hydrogen (secondary N) is 2. The zero-order valence-electron chi connectivity index (χ0n) is 24.5. The van der Waals surface area contributed by atoms with Gasteiger partial charge in [0.15, 0.2) is 0 Å². The van der Waals surface area contributed by atoms with Crippen LogP contribution in [0.2, 0.25) is 0 Å². The quantitative estimate of drug-likeness (QED) is 0.356. The zero-order chi connectivity index (χ0) is 30.0. The van der Waals surface area contributed by atoms with Gasteiger partial charge in [-0.15, -0.1) is 0 Å². The van der Waals surface area contributed by atoms with Crippen LogP contribution in [0.5, 0.6) is 5.75 Å². The van der Waals surface area contributed by atoms with Crippen molar-refractivity contribution in [3.8, 4) is 5.75 Å². The molecule has 0 saturated heterocycles. The molecule has 0 aliphatic rings. The van der Waals surface area contributed by atoms with Crippen molar-refractivity contribution in [2.45, 2.75) is 78.5 Å². The van der Waals surface area contributed by atoms with E-state index in [4.69, 9.17) is 15.2 Å². The van der Waals surface area contributed by atoms with Crippen LogP contribution in [0.1, 0.15) is 69.7 Å². The summed E-state index contributed by atoms with van der Waals surface area (Å²) in [4.78, 5) is 53.9. The first-order valence-corrected chi connectivity index (χ1v) is 13.4. The summed E-state index contributed by atoms with van der Waals surface area (Å²) in [5.74, 6) is -1.22. The number of nitrogens with two attached hydrogens (primary N) is 1. The van der Waals surface area contributed by atoms with Crippen molar-refractivity contribution in [3.63, 3.8) is 0 Å². The summed E-state index contributed by atoms with van der Waals surface area (Å²) < 4.78 is 10.5. The minimum atomic E-state index is -1.33. The normalized spacial score (nSPS) is 12.6. The van der Waals surface area contributed by atoms with Crippen LogP contribution in [0.15, 0.2) is 42.5 Å². The number of methoxy groups -OCH3 is 1. The lowest BCUT2D eigenvalue weighted by Gasteiger charge is -2.34. The number of ether oxygens (including phenoxy) is 2. The standard InChI is InChI=1S/C30H42N4O6/c1-8-9-16-34(28(37)24(18-25(31)35)33-29(38)40-30(4,5)6)26(21-11-10-19(2)20(3)17-21)27(36)32-22-12-14-23(39-7)15-13-22/h10-15,17,24,26H,8-9,16,18H2,1-7H3,(H2,31,35)(H,32,36)(H,33,38). The number of nitrogens with zero attached hydrogens (tertiary/aromatic N) is 1. The zero-order valence-corrected chi connectivity index (χ0v) is 24.5. The third-order valence-electron chi connectivity index (χ3n) is 6.19. The van der Waals surface area contributed by atoms with E-state index >= 15 is 0 Å². The average Bonchev–Trinajstić information content (AvgIpc) is 2.86. The monoisotopic (exact) mass is 554 g/mol. The fourth-order valence-electron chi connectivity index (χ4n) is 4.04. The van der Waals surface area contributed by atoms with E-state index < -0.39 is 47.9 Å². The van der Waals surface area contributed by atoms with E-state index in [1.807, 2.05) is 32.9 Å². The van der Waals surface area contributed by atoms with Gasteiger partial charge in [-0.1, -0.05) is 31.5 Å². The number of carbonyl (C=O) groups excluding carboxylic acids is 4. The van der Waals surface area contributed by atoms with E-state index in [1.54, 1.807) is 58.2 Å². The van der Waals surface area contributed by atoms with Gasteiger partial charge in [-0.3, -0.25) is 14.4 Å². The Labute approximate surface area is 236 Å². The van der Waals surface area contributed by atoms with Crippen molar-refractivity contribution >= 4 is 29.5 Å². The summed E-state index contributed by atoms with van der Waals surface area (Å²) in [7, 11) is 1.55. The van der Waals surface area contributed by atoms with E-state index in [1.165, 1.54) is 4.90 Å². The fourth-order valence-corrected chi connectivity index (χ4v) is 4.04. The molecule has 0 bridgehead atoms. The van der Waals surface area contributed by atoms with Gasteiger partial charge in [0.05, 0.1) is 13.5 Å². The second kappa shape index (κ2) is 14.3. The highest BCUT2D eigenvalue weighted by molar-refractivity contribution is 5.99. The molecule has 4 N–H and O–H groups in total. The Kier molecular flexibility index (Phi) is 11.5. The predicted octanol–water partition coefficient (Wildman–Crippen LogP) is 4.39. The first kappa shape index (κ1) is 32.1. The second-order valence-electron chi connectivity index (χ2n) is 10.7. The molecule has 2 aromatic carbocycles. The number of amides is 4. The van der Waals surface area contributed by atoms with Crippen molar-refractivity contribution in [1.82, 2.24) is 10.2 Å². The number of aryl methyl sites for hydroxylation is 2. The molecule has 4 amide bonds. The van der Waals surface area contributed by atoms with Gasteiger partial charge >= 0.3 is 6.09 Å². The smallest absolute Gasteiger partial charge is 0.408 e. The molecular weight excluding hydrogens is 512 g/mol. The maximum Gasteiger partial charge on any atom is 0.408 e. The van der Waals surface area contributed by atoms with Crippen LogP contribution in [-0.2, 0) is 19.1 Å². The Bertz CT molecular complexity index is 1190. The van der Waals surface area contributed by atoms with Crippen LogP contribution in [0.4, 0.5) is 10.5 Å². The topological polar surface area (TPSA) is 140 Å². The lowest BCUT2D eigenvalue weighted by molar-refractivity contribution is -0.142. The Morgan fingerprint density at radius 3 is 2.17 bits per heavy atom. The fraction of sp³-hybridized carbons (Fsp3) is 0.467. The molecule has 2 aromatic rings. The summed E-state index contributed by atoms with van der Waals surface area (Å²) in [6.07, 6.45) is -0.00396. The lowest BCUT2D eigenvalue weighted by atomic mass is 9.97. The Balaban J connectivity index is 2.55. The summed E-state index contributed by atoms with van der Waals surface area (Å²) in [6.45, 7) is 11.1. The number of alkyl carbamates (subject to hydrolysis) is 1. The highest BCUT2D eigenvalue weighted by Crippen LogP contribution is 2.27. The van der Waals surface area contributed by atoms with E-state index in [0.717, 1.165) is 17.5 Å². The lowest BCUT2D eigenvalue weighted by Crippen LogP contribution is -2.53. The summed E-state index contributed by atoms with van der Waals surface area (Å²) in [6, 6.07) is 10.0. The maximum atomic E-state index is 14.0. The number of anilines is 1. The van der Waals surface area contributed by atoms with Crippen LogP contribution >= 0.6 is 0 Å². The highest BCUT2D eigenvalue weighted by atomic mass is 16.6. The average molecular weight is 555 g/mol. The molecule has 0 radical (unpaired) electrons. The summed E-state index contributed by atoms with van der Waals surface area (Å²) in [5.41, 5.74) is 7.71. The Morgan fingerprint density at radius 2 is 1.65 bits per heavy atom. The van der Waals surface area contributed by atoms with Gasteiger partial charge in [-0.25, -0.2) is 4.79 Å². The van der Waals surface area contributed by atoms with Gasteiger partial charge in [-0.2, -0.15) is 0 Å². The number of carbonyl (C=O) groups is 4. The number of rotatable bonds is 12. The number of hydrogen-bond donors (Lipinski definition) is 3. The van der Waals surface area contributed by atoms with Crippen molar-refractivity contribution in [3.05, 3.63) is 59.2 Å². The number of primary amides is 1. The van der Waals surface area contributed by atoms with Crippen LogP contribution < -0.4 is 21.1 Å². The van der Waals surface area contributed by atoms with Gasteiger partial charge in [-0.05, 0) is 82.0 Å². The third kappa shape index (κ3) is 9.59. The molecule has 0 spiro atoms. The van der Waals surface area contributed by atoms with Crippen LogP contribution in [0, 0.1) is 13.8 Å². The van der Waals surface area contributed by atoms with Gasteiger partial charge in [0.25, 0.3) is 5.91 Å².